The van der Waals surface area contributed by atoms with Crippen molar-refractivity contribution in [2.45, 2.75) is 102 Å². The monoisotopic (exact) mass is 783 g/mol. The number of benzene rings is 2. The van der Waals surface area contributed by atoms with E-state index in [1.165, 1.54) is 10.4 Å². The van der Waals surface area contributed by atoms with Gasteiger partial charge in [0.05, 0.1) is 12.8 Å². The molecule has 2 aliphatic heterocycles. The predicted molar refractivity (Wildman–Crippen MR) is 191 cm³/mol. The van der Waals surface area contributed by atoms with Crippen molar-refractivity contribution < 1.29 is 28.2 Å². The number of rotatable bonds is 8. The van der Waals surface area contributed by atoms with E-state index in [2.05, 4.69) is 89.7 Å². The third-order valence-electron chi connectivity index (χ3n) is 9.51. The van der Waals surface area contributed by atoms with Crippen molar-refractivity contribution in [3.05, 3.63) is 70.7 Å². The molecule has 1 aliphatic carbocycles. The lowest BCUT2D eigenvalue weighted by molar-refractivity contribution is -0.200. The molecule has 2 saturated heterocycles. The molecule has 13 heteroatoms. The number of carbonyl (C=O) groups excluding carboxylic acids is 1. The number of hydrogen-bond donors (Lipinski definition) is 1. The van der Waals surface area contributed by atoms with Gasteiger partial charge in [0, 0.05) is 28.6 Å². The maximum Gasteiger partial charge on any atom is 0.414 e. The summed E-state index contributed by atoms with van der Waals surface area (Å²) in [6, 6.07) is 21.2. The number of aromatic nitrogens is 4. The third-order valence-corrected chi connectivity index (χ3v) is 15.0. The number of halogens is 1. The first-order valence-corrected chi connectivity index (χ1v) is 19.6. The van der Waals surface area contributed by atoms with Crippen molar-refractivity contribution in [3.63, 3.8) is 0 Å². The Hall–Kier alpha value is -2.95. The highest BCUT2D eigenvalue weighted by Crippen LogP contribution is 2.45. The zero-order chi connectivity index (χ0) is 33.7. The largest absolute Gasteiger partial charge is 0.414 e. The summed E-state index contributed by atoms with van der Waals surface area (Å²) in [4.78, 5) is 21.9. The first kappa shape index (κ1) is 33.5. The van der Waals surface area contributed by atoms with Crippen LogP contribution in [0.5, 0.6) is 5.88 Å². The average molecular weight is 784 g/mol. The number of fused-ring (bicyclic) bond motifs is 2. The lowest BCUT2D eigenvalue weighted by Crippen LogP contribution is -2.67. The number of amides is 1. The second-order valence-corrected chi connectivity index (χ2v) is 19.5. The zero-order valence-corrected chi connectivity index (χ0v) is 31.0. The molecule has 3 aliphatic rings. The van der Waals surface area contributed by atoms with Crippen molar-refractivity contribution in [1.29, 1.82) is 0 Å². The Labute approximate surface area is 295 Å². The molecule has 1 amide bonds. The summed E-state index contributed by atoms with van der Waals surface area (Å²) >= 11 is 2.02. The number of nitrogens with one attached hydrogen (secondary N) is 1. The molecular formula is C35H42IN5O6Si. The smallest absolute Gasteiger partial charge is 0.405 e. The van der Waals surface area contributed by atoms with Crippen LogP contribution in [0.1, 0.15) is 66.5 Å². The van der Waals surface area contributed by atoms with E-state index in [9.17, 15) is 4.79 Å². The van der Waals surface area contributed by atoms with E-state index in [1.807, 2.05) is 48.6 Å². The molecule has 254 valence electrons. The number of carbonyl (C=O) groups is 1. The highest BCUT2D eigenvalue weighted by atomic mass is 127. The Balaban J connectivity index is 1.20. The molecule has 4 atom stereocenters. The number of ether oxygens (including phenoxy) is 4. The van der Waals surface area contributed by atoms with Crippen LogP contribution in [-0.2, 0) is 18.6 Å². The van der Waals surface area contributed by atoms with E-state index in [0.717, 1.165) is 25.7 Å². The SMILES string of the molecule is CC1(C)O[C@@H]2[C@H](O1)[C@@H](CO[Si](c1ccccc1)(c1ccccc1)C(C)(C)C)O[C@H]2n1ncc2c(OC(=O)NC3CCCC3)nc(I)nc21. The van der Waals surface area contributed by atoms with Crippen LogP contribution in [0.3, 0.4) is 0 Å². The van der Waals surface area contributed by atoms with Gasteiger partial charge in [-0.2, -0.15) is 10.1 Å². The lowest BCUT2D eigenvalue weighted by Gasteiger charge is -2.43. The topological polar surface area (TPSA) is 119 Å². The van der Waals surface area contributed by atoms with Gasteiger partial charge in [-0.05, 0) is 42.1 Å². The Bertz CT molecular complexity index is 1720. The van der Waals surface area contributed by atoms with Crippen molar-refractivity contribution in [1.82, 2.24) is 25.1 Å². The summed E-state index contributed by atoms with van der Waals surface area (Å²) in [5.74, 6) is -0.692. The van der Waals surface area contributed by atoms with Gasteiger partial charge >= 0.3 is 6.09 Å². The van der Waals surface area contributed by atoms with Gasteiger partial charge in [-0.15, -0.1) is 0 Å². The minimum absolute atomic E-state index is 0.117. The minimum Gasteiger partial charge on any atom is -0.405 e. The maximum absolute atomic E-state index is 12.8. The molecule has 11 nitrogen and oxygen atoms in total. The maximum atomic E-state index is 12.8. The van der Waals surface area contributed by atoms with E-state index in [1.54, 1.807) is 10.9 Å². The summed E-state index contributed by atoms with van der Waals surface area (Å²) in [6.45, 7) is 10.9. The fraction of sp³-hybridized carbons (Fsp3) is 0.486. The molecule has 1 saturated carbocycles. The molecule has 4 aromatic rings. The predicted octanol–water partition coefficient (Wildman–Crippen LogP) is 5.46. The molecule has 2 aromatic heterocycles. The van der Waals surface area contributed by atoms with Crippen LogP contribution in [-0.4, -0.2) is 70.9 Å². The summed E-state index contributed by atoms with van der Waals surface area (Å²) in [6.07, 6.45) is 3.13. The Morgan fingerprint density at radius 1 is 1.00 bits per heavy atom. The fourth-order valence-corrected chi connectivity index (χ4v) is 12.5. The van der Waals surface area contributed by atoms with Gasteiger partial charge in [0.25, 0.3) is 8.32 Å². The third kappa shape index (κ3) is 6.28. The van der Waals surface area contributed by atoms with E-state index < -0.39 is 44.7 Å². The molecule has 0 bridgehead atoms. The zero-order valence-electron chi connectivity index (χ0n) is 27.9. The molecule has 48 heavy (non-hydrogen) atoms. The number of hydrogen-bond acceptors (Lipinski definition) is 9. The highest BCUT2D eigenvalue weighted by Gasteiger charge is 2.58. The Kier molecular flexibility index (Phi) is 9.13. The first-order valence-electron chi connectivity index (χ1n) is 16.6. The van der Waals surface area contributed by atoms with Gasteiger partial charge in [0.2, 0.25) is 5.88 Å². The van der Waals surface area contributed by atoms with Gasteiger partial charge in [-0.1, -0.05) is 94.3 Å². The normalized spacial score (nSPS) is 24.2. The molecule has 2 aromatic carbocycles. The van der Waals surface area contributed by atoms with E-state index >= 15 is 0 Å². The first-order chi connectivity index (χ1) is 22.9. The summed E-state index contributed by atoms with van der Waals surface area (Å²) in [7, 11) is -2.85. The van der Waals surface area contributed by atoms with Crippen LogP contribution in [0.15, 0.2) is 66.9 Å². The summed E-state index contributed by atoms with van der Waals surface area (Å²) in [5, 5.41) is 10.3. The lowest BCUT2D eigenvalue weighted by atomic mass is 10.1. The highest BCUT2D eigenvalue weighted by molar-refractivity contribution is 14.1. The average Bonchev–Trinajstić information content (AvgIpc) is 3.83. The Morgan fingerprint density at radius 3 is 2.25 bits per heavy atom. The van der Waals surface area contributed by atoms with E-state index in [4.69, 9.17) is 23.4 Å². The molecule has 7 rings (SSSR count). The standard InChI is InChI=1S/C35H42IN5O6Si/c1-34(2,3)48(23-16-8-6-9-17-23,24-18-10-7-11-19-24)43-21-26-27-28(47-35(4,5)46-27)31(44-26)41-29-25(20-37-41)30(40-32(36)39-29)45-33(42)38-22-14-12-13-15-22/h6-11,16-20,22,26-28,31H,12-15,21H2,1-5H3,(H,38,42)/t26-,27-,28-,31-/m1/s1. The van der Waals surface area contributed by atoms with Crippen LogP contribution in [0.4, 0.5) is 4.79 Å². The van der Waals surface area contributed by atoms with E-state index in [-0.39, 0.29) is 23.6 Å². The molecule has 0 unspecified atom stereocenters. The van der Waals surface area contributed by atoms with Gasteiger partial charge < -0.3 is 28.7 Å². The van der Waals surface area contributed by atoms with Gasteiger partial charge in [-0.25, -0.2) is 14.5 Å². The van der Waals surface area contributed by atoms with Crippen LogP contribution < -0.4 is 20.4 Å². The Morgan fingerprint density at radius 2 is 1.62 bits per heavy atom. The van der Waals surface area contributed by atoms with Crippen molar-refractivity contribution in [3.8, 4) is 5.88 Å². The van der Waals surface area contributed by atoms with Crippen molar-refractivity contribution >= 4 is 58.4 Å². The van der Waals surface area contributed by atoms with Gasteiger partial charge in [0.15, 0.2) is 21.5 Å². The molecule has 4 heterocycles. The van der Waals surface area contributed by atoms with E-state index in [0.29, 0.717) is 14.9 Å². The fourth-order valence-electron chi connectivity index (χ4n) is 7.45. The van der Waals surface area contributed by atoms with Crippen LogP contribution in [0, 0.1) is 3.83 Å². The molecule has 3 fully saturated rings. The van der Waals surface area contributed by atoms with Crippen molar-refractivity contribution in [2.75, 3.05) is 6.61 Å². The van der Waals surface area contributed by atoms with Crippen LogP contribution in [0.2, 0.25) is 5.04 Å². The van der Waals surface area contributed by atoms with Gasteiger partial charge in [0.1, 0.15) is 23.7 Å². The van der Waals surface area contributed by atoms with Crippen LogP contribution >= 0.6 is 22.6 Å². The summed E-state index contributed by atoms with van der Waals surface area (Å²) < 4.78 is 34.8. The minimum atomic E-state index is -2.85. The molecular weight excluding hydrogens is 741 g/mol. The van der Waals surface area contributed by atoms with Gasteiger partial charge in [-0.3, -0.25) is 0 Å². The van der Waals surface area contributed by atoms with Crippen LogP contribution in [0.25, 0.3) is 11.0 Å². The second-order valence-electron chi connectivity index (χ2n) is 14.2. The van der Waals surface area contributed by atoms with Crippen molar-refractivity contribution in [2.24, 2.45) is 0 Å². The quantitative estimate of drug-likeness (QED) is 0.141. The molecule has 0 radical (unpaired) electrons. The number of nitrogens with zero attached hydrogens (tertiary/aromatic N) is 4. The molecule has 1 N–H and O–H groups in total. The molecule has 0 spiro atoms. The second kappa shape index (κ2) is 13.1. The summed E-state index contributed by atoms with van der Waals surface area (Å²) in [5.41, 5.74) is 0.476.